The molecule has 0 radical (unpaired) electrons. The van der Waals surface area contributed by atoms with Crippen molar-refractivity contribution in [3.05, 3.63) is 35.1 Å². The molecule has 3 aliphatic rings. The fourth-order valence-corrected chi connectivity index (χ4v) is 3.35. The van der Waals surface area contributed by atoms with E-state index in [2.05, 4.69) is 57.3 Å². The number of hydrogen-bond acceptors (Lipinski definition) is 6. The lowest BCUT2D eigenvalue weighted by Crippen LogP contribution is -2.52. The van der Waals surface area contributed by atoms with Crippen LogP contribution < -0.4 is 5.32 Å². The van der Waals surface area contributed by atoms with Crippen LogP contribution in [0, 0.1) is 0 Å². The predicted octanol–water partition coefficient (Wildman–Crippen LogP) is 0.994. The second-order valence-corrected chi connectivity index (χ2v) is 7.19. The Kier molecular flexibility index (Phi) is 5.93. The van der Waals surface area contributed by atoms with Gasteiger partial charge in [-0.15, -0.1) is 0 Å². The quantitative estimate of drug-likeness (QED) is 0.752. The molecule has 25 heavy (non-hydrogen) atoms. The third-order valence-electron chi connectivity index (χ3n) is 5.05. The molecule has 3 rings (SSSR count). The van der Waals surface area contributed by atoms with Crippen LogP contribution in [0.25, 0.3) is 0 Å². The number of nitrogens with zero attached hydrogens (tertiary/aromatic N) is 4. The van der Waals surface area contributed by atoms with Gasteiger partial charge >= 0.3 is 0 Å². The Morgan fingerprint density at radius 1 is 1.20 bits per heavy atom. The Balaban J connectivity index is 1.53. The Bertz CT molecular complexity index is 597. The zero-order valence-corrected chi connectivity index (χ0v) is 15.7. The highest BCUT2D eigenvalue weighted by Gasteiger charge is 2.24. The highest BCUT2D eigenvalue weighted by Crippen LogP contribution is 2.26. The van der Waals surface area contributed by atoms with Gasteiger partial charge in [-0.1, -0.05) is 6.92 Å². The van der Waals surface area contributed by atoms with Gasteiger partial charge in [0.2, 0.25) is 0 Å². The predicted molar refractivity (Wildman–Crippen MR) is 102 cm³/mol. The van der Waals surface area contributed by atoms with Crippen molar-refractivity contribution < 1.29 is 5.11 Å². The molecule has 0 amide bonds. The summed E-state index contributed by atoms with van der Waals surface area (Å²) in [6, 6.07) is 0. The average Bonchev–Trinajstić information content (AvgIpc) is 2.60. The van der Waals surface area contributed by atoms with E-state index in [-0.39, 0.29) is 6.23 Å². The van der Waals surface area contributed by atoms with E-state index in [1.807, 2.05) is 6.92 Å². The normalized spacial score (nSPS) is 22.5. The van der Waals surface area contributed by atoms with E-state index < -0.39 is 0 Å². The molecule has 0 aromatic heterocycles. The van der Waals surface area contributed by atoms with E-state index in [1.165, 1.54) is 16.8 Å². The number of nitrogens with one attached hydrogen (secondary N) is 1. The summed E-state index contributed by atoms with van der Waals surface area (Å²) in [6.07, 6.45) is 8.30. The molecule has 0 aromatic carbocycles. The second-order valence-electron chi connectivity index (χ2n) is 7.19. The molecule has 0 saturated carbocycles. The SMILES string of the molecule is CCC(O)N1CCN(C2=NCNC(C3=CC(CCN(C)C)=C3)=C2)CC1. The highest BCUT2D eigenvalue weighted by atomic mass is 16.3. The average molecular weight is 345 g/mol. The van der Waals surface area contributed by atoms with Crippen LogP contribution in [0.15, 0.2) is 40.1 Å². The first-order chi connectivity index (χ1) is 12.1. The van der Waals surface area contributed by atoms with E-state index in [9.17, 15) is 5.11 Å². The topological polar surface area (TPSA) is 54.3 Å². The number of piperazine rings is 1. The molecule has 2 aliphatic heterocycles. The molecule has 1 unspecified atom stereocenters. The molecule has 2 heterocycles. The fourth-order valence-electron chi connectivity index (χ4n) is 3.35. The number of hydrogen-bond donors (Lipinski definition) is 2. The van der Waals surface area contributed by atoms with Gasteiger partial charge in [-0.25, -0.2) is 4.99 Å². The second kappa shape index (κ2) is 8.17. The standard InChI is InChI=1S/C19H31N5O/c1-4-19(25)24-9-7-23(8-10-24)18-13-17(20-14-21-18)16-11-15(12-16)5-6-22(2)3/h11-13,19-20,25H,4-10,14H2,1-3H3. The summed E-state index contributed by atoms with van der Waals surface area (Å²) in [7, 11) is 4.22. The van der Waals surface area contributed by atoms with Crippen LogP contribution in [0.4, 0.5) is 0 Å². The van der Waals surface area contributed by atoms with Crippen molar-refractivity contribution in [2.45, 2.75) is 26.0 Å². The third-order valence-corrected chi connectivity index (χ3v) is 5.05. The lowest BCUT2D eigenvalue weighted by atomic mass is 9.93. The minimum absolute atomic E-state index is 0.311. The summed E-state index contributed by atoms with van der Waals surface area (Å²) in [5.74, 6) is 1.07. The van der Waals surface area contributed by atoms with E-state index in [0.29, 0.717) is 6.67 Å². The molecule has 1 fully saturated rings. The molecular weight excluding hydrogens is 314 g/mol. The number of allylic oxidation sites excluding steroid dienone is 2. The van der Waals surface area contributed by atoms with Gasteiger partial charge in [0, 0.05) is 44.5 Å². The summed E-state index contributed by atoms with van der Waals surface area (Å²) in [5.41, 5.74) is 3.87. The molecule has 1 atom stereocenters. The lowest BCUT2D eigenvalue weighted by molar-refractivity contribution is -0.0173. The molecule has 2 N–H and O–H groups in total. The Morgan fingerprint density at radius 3 is 2.56 bits per heavy atom. The molecule has 1 aliphatic carbocycles. The number of amidine groups is 1. The van der Waals surface area contributed by atoms with Crippen LogP contribution in [0.3, 0.4) is 0 Å². The van der Waals surface area contributed by atoms with Gasteiger partial charge in [-0.2, -0.15) is 0 Å². The van der Waals surface area contributed by atoms with E-state index >= 15 is 0 Å². The van der Waals surface area contributed by atoms with Crippen molar-refractivity contribution >= 4 is 5.84 Å². The van der Waals surface area contributed by atoms with Gasteiger partial charge in [0.05, 0.1) is 0 Å². The van der Waals surface area contributed by atoms with E-state index in [0.717, 1.165) is 51.4 Å². The van der Waals surface area contributed by atoms with Crippen LogP contribution in [-0.2, 0) is 0 Å². The summed E-state index contributed by atoms with van der Waals surface area (Å²) >= 11 is 0. The van der Waals surface area contributed by atoms with Crippen molar-refractivity contribution in [1.82, 2.24) is 20.0 Å². The van der Waals surface area contributed by atoms with Gasteiger partial charge in [0.25, 0.3) is 0 Å². The smallest absolute Gasteiger partial charge is 0.127 e. The van der Waals surface area contributed by atoms with Crippen molar-refractivity contribution in [2.24, 2.45) is 4.99 Å². The maximum Gasteiger partial charge on any atom is 0.127 e. The van der Waals surface area contributed by atoms with Crippen LogP contribution in [0.1, 0.15) is 19.8 Å². The number of aliphatic imine (C=N–C) groups is 1. The van der Waals surface area contributed by atoms with Crippen LogP contribution in [0.2, 0.25) is 0 Å². The van der Waals surface area contributed by atoms with Crippen LogP contribution in [0.5, 0.6) is 0 Å². The number of aliphatic hydroxyl groups excluding tert-OH is 1. The van der Waals surface area contributed by atoms with Gasteiger partial charge < -0.3 is 20.2 Å². The minimum Gasteiger partial charge on any atom is -0.378 e. The Morgan fingerprint density at radius 2 is 1.92 bits per heavy atom. The third kappa shape index (κ3) is 4.51. The fraction of sp³-hybridized carbons (Fsp3) is 0.632. The van der Waals surface area contributed by atoms with Gasteiger partial charge in [-0.3, -0.25) is 4.90 Å². The number of aliphatic hydroxyl groups is 1. The van der Waals surface area contributed by atoms with Crippen molar-refractivity contribution in [2.75, 3.05) is 53.5 Å². The minimum atomic E-state index is -0.311. The molecule has 138 valence electrons. The molecule has 6 nitrogen and oxygen atoms in total. The Hall–Kier alpha value is -1.63. The van der Waals surface area contributed by atoms with E-state index in [4.69, 9.17) is 0 Å². The van der Waals surface area contributed by atoms with Crippen LogP contribution >= 0.6 is 0 Å². The number of rotatable bonds is 6. The molecule has 1 saturated heterocycles. The van der Waals surface area contributed by atoms with Crippen molar-refractivity contribution in [3.8, 4) is 0 Å². The maximum absolute atomic E-state index is 9.97. The zero-order chi connectivity index (χ0) is 17.8. The lowest BCUT2D eigenvalue weighted by Gasteiger charge is -2.38. The molecule has 0 bridgehead atoms. The largest absolute Gasteiger partial charge is 0.378 e. The van der Waals surface area contributed by atoms with Gasteiger partial charge in [0.15, 0.2) is 0 Å². The van der Waals surface area contributed by atoms with Crippen LogP contribution in [-0.4, -0.2) is 85.4 Å². The van der Waals surface area contributed by atoms with E-state index in [1.54, 1.807) is 0 Å². The summed E-state index contributed by atoms with van der Waals surface area (Å²) in [6.45, 7) is 7.37. The Labute approximate surface area is 151 Å². The summed E-state index contributed by atoms with van der Waals surface area (Å²) in [4.78, 5) is 11.3. The van der Waals surface area contributed by atoms with Gasteiger partial charge in [0.1, 0.15) is 18.7 Å². The first-order valence-corrected chi connectivity index (χ1v) is 9.31. The molecule has 0 spiro atoms. The first-order valence-electron chi connectivity index (χ1n) is 9.31. The summed E-state index contributed by atoms with van der Waals surface area (Å²) < 4.78 is 0. The zero-order valence-electron chi connectivity index (χ0n) is 15.7. The monoisotopic (exact) mass is 345 g/mol. The van der Waals surface area contributed by atoms with Gasteiger partial charge in [-0.05, 0) is 50.2 Å². The van der Waals surface area contributed by atoms with Crippen molar-refractivity contribution in [1.29, 1.82) is 0 Å². The first kappa shape index (κ1) is 18.2. The highest BCUT2D eigenvalue weighted by molar-refractivity contribution is 5.95. The maximum atomic E-state index is 9.97. The molecule has 6 heteroatoms. The summed E-state index contributed by atoms with van der Waals surface area (Å²) in [5, 5.41) is 13.4. The van der Waals surface area contributed by atoms with Crippen molar-refractivity contribution in [3.63, 3.8) is 0 Å². The molecule has 0 aromatic rings. The molecular formula is C19H31N5O.